The Morgan fingerprint density at radius 2 is 1.81 bits per heavy atom. The Labute approximate surface area is 124 Å². The molecule has 2 heterocycles. The van der Waals surface area contributed by atoms with Crippen LogP contribution >= 0.6 is 0 Å². The third-order valence-corrected chi connectivity index (χ3v) is 4.72. The molecule has 1 aromatic heterocycles. The van der Waals surface area contributed by atoms with Crippen LogP contribution in [0.5, 0.6) is 0 Å². The standard InChI is InChI=1S/C19H18FN/c1-19(2)11-10-14-4-3-5-16-17(12-21(19)18(14)16)13-6-8-15(20)9-7-13/h3-9,12H,10-11H2,1-2H3. The maximum atomic E-state index is 13.2. The van der Waals surface area contributed by atoms with Crippen LogP contribution in [0.1, 0.15) is 25.8 Å². The second-order valence-corrected chi connectivity index (χ2v) is 6.55. The quantitative estimate of drug-likeness (QED) is 0.582. The molecule has 0 amide bonds. The van der Waals surface area contributed by atoms with Gasteiger partial charge >= 0.3 is 0 Å². The lowest BCUT2D eigenvalue weighted by molar-refractivity contribution is 0.327. The Bertz CT molecular complexity index is 825. The zero-order valence-corrected chi connectivity index (χ0v) is 12.4. The Balaban J connectivity index is 2.04. The molecule has 106 valence electrons. The molecule has 0 saturated heterocycles. The van der Waals surface area contributed by atoms with Gasteiger partial charge in [-0.25, -0.2) is 4.39 Å². The Hall–Kier alpha value is -2.09. The highest BCUT2D eigenvalue weighted by Gasteiger charge is 2.28. The van der Waals surface area contributed by atoms with Gasteiger partial charge in [-0.1, -0.05) is 30.3 Å². The summed E-state index contributed by atoms with van der Waals surface area (Å²) >= 11 is 0. The first-order valence-electron chi connectivity index (χ1n) is 7.46. The van der Waals surface area contributed by atoms with Crippen LogP contribution in [0.3, 0.4) is 0 Å². The molecule has 0 N–H and O–H groups in total. The zero-order chi connectivity index (χ0) is 14.6. The van der Waals surface area contributed by atoms with E-state index in [9.17, 15) is 4.39 Å². The molecule has 0 spiro atoms. The average molecular weight is 279 g/mol. The van der Waals surface area contributed by atoms with Crippen LogP contribution in [0.15, 0.2) is 48.7 Å². The Kier molecular flexibility index (Phi) is 2.53. The zero-order valence-electron chi connectivity index (χ0n) is 12.4. The molecular weight excluding hydrogens is 261 g/mol. The minimum atomic E-state index is -0.187. The number of para-hydroxylation sites is 1. The highest BCUT2D eigenvalue weighted by molar-refractivity contribution is 5.98. The maximum absolute atomic E-state index is 13.2. The molecule has 0 atom stereocenters. The van der Waals surface area contributed by atoms with Crippen LogP contribution in [0.2, 0.25) is 0 Å². The minimum absolute atomic E-state index is 0.130. The van der Waals surface area contributed by atoms with Gasteiger partial charge in [-0.15, -0.1) is 0 Å². The molecule has 3 aromatic rings. The molecule has 1 aliphatic heterocycles. The number of benzene rings is 2. The van der Waals surface area contributed by atoms with Crippen molar-refractivity contribution >= 4 is 10.9 Å². The van der Waals surface area contributed by atoms with Gasteiger partial charge in [0.15, 0.2) is 0 Å². The lowest BCUT2D eigenvalue weighted by atomic mass is 9.90. The van der Waals surface area contributed by atoms with E-state index in [4.69, 9.17) is 0 Å². The SMILES string of the molecule is CC1(C)CCc2cccc3c(-c4ccc(F)cc4)cn1c23. The van der Waals surface area contributed by atoms with E-state index in [0.29, 0.717) is 0 Å². The number of hydrogen-bond acceptors (Lipinski definition) is 0. The second-order valence-electron chi connectivity index (χ2n) is 6.55. The van der Waals surface area contributed by atoms with Crippen LogP contribution in [0, 0.1) is 5.82 Å². The molecule has 21 heavy (non-hydrogen) atoms. The number of rotatable bonds is 1. The number of hydrogen-bond donors (Lipinski definition) is 0. The van der Waals surface area contributed by atoms with Crippen molar-refractivity contribution in [3.63, 3.8) is 0 Å². The van der Waals surface area contributed by atoms with E-state index in [1.807, 2.05) is 12.1 Å². The van der Waals surface area contributed by atoms with Crippen LogP contribution in [0.4, 0.5) is 4.39 Å². The first-order valence-corrected chi connectivity index (χ1v) is 7.46. The van der Waals surface area contributed by atoms with Gasteiger partial charge in [-0.3, -0.25) is 0 Å². The van der Waals surface area contributed by atoms with Crippen molar-refractivity contribution in [3.8, 4) is 11.1 Å². The summed E-state index contributed by atoms with van der Waals surface area (Å²) in [5.74, 6) is -0.187. The normalized spacial score (nSPS) is 16.3. The third-order valence-electron chi connectivity index (χ3n) is 4.72. The molecule has 0 unspecified atom stereocenters. The number of nitrogens with zero attached hydrogens (tertiary/aromatic N) is 1. The number of aromatic nitrogens is 1. The van der Waals surface area contributed by atoms with Gasteiger partial charge in [0.25, 0.3) is 0 Å². The molecule has 0 bridgehead atoms. The molecule has 0 radical (unpaired) electrons. The predicted octanol–water partition coefficient (Wildman–Crippen LogP) is 5.13. The molecular formula is C19H18FN. The van der Waals surface area contributed by atoms with Crippen LogP contribution in [-0.4, -0.2) is 4.57 Å². The summed E-state index contributed by atoms with van der Waals surface area (Å²) in [4.78, 5) is 0. The summed E-state index contributed by atoms with van der Waals surface area (Å²) in [6.45, 7) is 4.58. The number of halogens is 1. The summed E-state index contributed by atoms with van der Waals surface area (Å²) in [5.41, 5.74) is 5.16. The second kappa shape index (κ2) is 4.20. The Morgan fingerprint density at radius 1 is 1.05 bits per heavy atom. The predicted molar refractivity (Wildman–Crippen MR) is 85.0 cm³/mol. The van der Waals surface area contributed by atoms with E-state index in [1.54, 1.807) is 0 Å². The van der Waals surface area contributed by atoms with E-state index in [2.05, 4.69) is 42.8 Å². The van der Waals surface area contributed by atoms with Crippen molar-refractivity contribution in [2.24, 2.45) is 0 Å². The van der Waals surface area contributed by atoms with E-state index in [0.717, 1.165) is 18.4 Å². The molecule has 1 aliphatic rings. The van der Waals surface area contributed by atoms with E-state index in [-0.39, 0.29) is 11.4 Å². The van der Waals surface area contributed by atoms with Gasteiger partial charge in [0.05, 0.1) is 5.52 Å². The van der Waals surface area contributed by atoms with Gasteiger partial charge < -0.3 is 4.57 Å². The number of aryl methyl sites for hydroxylation is 1. The van der Waals surface area contributed by atoms with Gasteiger partial charge in [0.2, 0.25) is 0 Å². The van der Waals surface area contributed by atoms with Crippen molar-refractivity contribution in [1.82, 2.24) is 4.57 Å². The monoisotopic (exact) mass is 279 g/mol. The molecule has 0 saturated carbocycles. The highest BCUT2D eigenvalue weighted by Crippen LogP contribution is 2.40. The van der Waals surface area contributed by atoms with Crippen molar-refractivity contribution in [3.05, 3.63) is 60.0 Å². The molecule has 4 rings (SSSR count). The van der Waals surface area contributed by atoms with E-state index < -0.39 is 0 Å². The molecule has 0 aliphatic carbocycles. The average Bonchev–Trinajstić information content (AvgIpc) is 2.86. The summed E-state index contributed by atoms with van der Waals surface area (Å²) in [5, 5.41) is 1.27. The minimum Gasteiger partial charge on any atom is -0.341 e. The van der Waals surface area contributed by atoms with Crippen molar-refractivity contribution < 1.29 is 4.39 Å². The molecule has 2 heteroatoms. The van der Waals surface area contributed by atoms with Crippen molar-refractivity contribution in [1.29, 1.82) is 0 Å². The largest absolute Gasteiger partial charge is 0.341 e. The third kappa shape index (κ3) is 1.82. The fourth-order valence-corrected chi connectivity index (χ4v) is 3.46. The van der Waals surface area contributed by atoms with E-state index in [1.165, 1.54) is 34.2 Å². The summed E-state index contributed by atoms with van der Waals surface area (Å²) in [6.07, 6.45) is 4.51. The summed E-state index contributed by atoms with van der Waals surface area (Å²) < 4.78 is 15.6. The smallest absolute Gasteiger partial charge is 0.123 e. The first kappa shape index (κ1) is 12.6. The molecule has 0 fully saturated rings. The van der Waals surface area contributed by atoms with Gasteiger partial charge in [-0.05, 0) is 49.9 Å². The van der Waals surface area contributed by atoms with Crippen LogP contribution < -0.4 is 0 Å². The maximum Gasteiger partial charge on any atom is 0.123 e. The van der Waals surface area contributed by atoms with Crippen molar-refractivity contribution in [2.75, 3.05) is 0 Å². The van der Waals surface area contributed by atoms with Crippen molar-refractivity contribution in [2.45, 2.75) is 32.2 Å². The molecule has 2 aromatic carbocycles. The van der Waals surface area contributed by atoms with Gasteiger partial charge in [0, 0.05) is 22.7 Å². The van der Waals surface area contributed by atoms with Crippen LogP contribution in [0.25, 0.3) is 22.0 Å². The topological polar surface area (TPSA) is 4.93 Å². The molecule has 1 nitrogen and oxygen atoms in total. The van der Waals surface area contributed by atoms with E-state index >= 15 is 0 Å². The summed E-state index contributed by atoms with van der Waals surface area (Å²) in [7, 11) is 0. The highest BCUT2D eigenvalue weighted by atomic mass is 19.1. The summed E-state index contributed by atoms with van der Waals surface area (Å²) in [6, 6.07) is 13.3. The first-order chi connectivity index (χ1) is 10.1. The lowest BCUT2D eigenvalue weighted by Gasteiger charge is -2.33. The lowest BCUT2D eigenvalue weighted by Crippen LogP contribution is -2.29. The fourth-order valence-electron chi connectivity index (χ4n) is 3.46. The van der Waals surface area contributed by atoms with Gasteiger partial charge in [0.1, 0.15) is 5.82 Å². The Morgan fingerprint density at radius 3 is 2.57 bits per heavy atom. The van der Waals surface area contributed by atoms with Crippen LogP contribution in [-0.2, 0) is 12.0 Å². The fraction of sp³-hybridized carbons (Fsp3) is 0.263. The van der Waals surface area contributed by atoms with Gasteiger partial charge in [-0.2, -0.15) is 0 Å².